The summed E-state index contributed by atoms with van der Waals surface area (Å²) in [6, 6.07) is 17.9. The predicted molar refractivity (Wildman–Crippen MR) is 143 cm³/mol. The first-order valence-corrected chi connectivity index (χ1v) is 13.4. The summed E-state index contributed by atoms with van der Waals surface area (Å²) < 4.78 is 7.27. The fourth-order valence-corrected chi connectivity index (χ4v) is 5.55. The van der Waals surface area contributed by atoms with E-state index < -0.39 is 0 Å². The van der Waals surface area contributed by atoms with Crippen molar-refractivity contribution in [2.75, 3.05) is 26.2 Å². The zero-order valence-corrected chi connectivity index (χ0v) is 22.1. The number of hydrogen-bond donors (Lipinski definition) is 0. The molecule has 2 amide bonds. The normalized spacial score (nSPS) is 18.4. The fourth-order valence-electron chi connectivity index (χ4n) is 5.43. The van der Waals surface area contributed by atoms with E-state index in [1.807, 2.05) is 53.8 Å². The number of halogens is 1. The minimum atomic E-state index is -0.278. The third-order valence-electron chi connectivity index (χ3n) is 7.33. The number of rotatable bonds is 5. The molecule has 5 rings (SSSR count). The maximum Gasteiger partial charge on any atom is 0.410 e. The van der Waals surface area contributed by atoms with Crippen LogP contribution in [0.1, 0.15) is 66.6 Å². The van der Waals surface area contributed by atoms with E-state index in [1.165, 1.54) is 5.56 Å². The van der Waals surface area contributed by atoms with Crippen molar-refractivity contribution in [3.05, 3.63) is 82.6 Å². The van der Waals surface area contributed by atoms with Gasteiger partial charge in [0.25, 0.3) is 5.91 Å². The van der Waals surface area contributed by atoms with Gasteiger partial charge < -0.3 is 14.5 Å². The van der Waals surface area contributed by atoms with E-state index in [1.54, 1.807) is 11.1 Å². The van der Waals surface area contributed by atoms with Gasteiger partial charge in [0, 0.05) is 43.0 Å². The first-order chi connectivity index (χ1) is 17.9. The minimum absolute atomic E-state index is 0.0234. The Morgan fingerprint density at radius 1 is 0.919 bits per heavy atom. The fraction of sp³-hybridized carbons (Fsp3) is 0.414. The molecule has 2 aromatic carbocycles. The molecule has 1 unspecified atom stereocenters. The second kappa shape index (κ2) is 11.0. The minimum Gasteiger partial charge on any atom is -0.447 e. The van der Waals surface area contributed by atoms with Gasteiger partial charge in [0.1, 0.15) is 0 Å². The van der Waals surface area contributed by atoms with Gasteiger partial charge in [0.15, 0.2) is 0 Å². The van der Waals surface area contributed by atoms with Gasteiger partial charge >= 0.3 is 6.09 Å². The van der Waals surface area contributed by atoms with Gasteiger partial charge in [-0.3, -0.25) is 4.79 Å². The lowest BCUT2D eigenvalue weighted by atomic mass is 9.90. The zero-order valence-electron chi connectivity index (χ0n) is 21.3. The van der Waals surface area contributed by atoms with Crippen LogP contribution in [0, 0.1) is 0 Å². The van der Waals surface area contributed by atoms with Crippen LogP contribution in [-0.2, 0) is 4.74 Å². The van der Waals surface area contributed by atoms with Crippen LogP contribution >= 0.6 is 11.6 Å². The van der Waals surface area contributed by atoms with Crippen LogP contribution in [0.3, 0.4) is 0 Å². The second-order valence-corrected chi connectivity index (χ2v) is 10.6. The van der Waals surface area contributed by atoms with Gasteiger partial charge in [-0.25, -0.2) is 9.48 Å². The van der Waals surface area contributed by atoms with Crippen molar-refractivity contribution in [1.82, 2.24) is 19.6 Å². The molecule has 7 nitrogen and oxygen atoms in total. The van der Waals surface area contributed by atoms with E-state index in [0.717, 1.165) is 37.2 Å². The summed E-state index contributed by atoms with van der Waals surface area (Å²) in [6.45, 7) is 6.30. The van der Waals surface area contributed by atoms with Crippen LogP contribution in [0.4, 0.5) is 4.79 Å². The summed E-state index contributed by atoms with van der Waals surface area (Å²) in [4.78, 5) is 30.0. The quantitative estimate of drug-likeness (QED) is 0.421. The number of likely N-dealkylation sites (tertiary alicyclic amines) is 2. The van der Waals surface area contributed by atoms with Gasteiger partial charge in [0.2, 0.25) is 0 Å². The molecule has 8 heteroatoms. The Balaban J connectivity index is 1.40. The van der Waals surface area contributed by atoms with Crippen molar-refractivity contribution in [2.24, 2.45) is 0 Å². The van der Waals surface area contributed by atoms with Crippen molar-refractivity contribution >= 4 is 23.6 Å². The van der Waals surface area contributed by atoms with E-state index in [4.69, 9.17) is 16.3 Å². The highest BCUT2D eigenvalue weighted by atomic mass is 35.5. The van der Waals surface area contributed by atoms with Crippen molar-refractivity contribution in [1.29, 1.82) is 0 Å². The lowest BCUT2D eigenvalue weighted by Crippen LogP contribution is -2.40. The van der Waals surface area contributed by atoms with E-state index in [-0.39, 0.29) is 24.0 Å². The largest absolute Gasteiger partial charge is 0.447 e. The van der Waals surface area contributed by atoms with Gasteiger partial charge in [-0.15, -0.1) is 0 Å². The second-order valence-electron chi connectivity index (χ2n) is 10.2. The standard InChI is InChI=1S/C29H33ClN4O3/c1-20(2)37-29(36)32-15-12-22(13-16-32)27-26(18-31-34(27)25-10-8-24(30)9-11-25)28(35)33-17-14-23(19-33)21-6-4-3-5-7-21/h3-11,18,20,22-23H,12-17,19H2,1-2H3. The number of nitrogens with zero attached hydrogens (tertiary/aromatic N) is 4. The van der Waals surface area contributed by atoms with Crippen molar-refractivity contribution in [3.63, 3.8) is 0 Å². The molecule has 0 bridgehead atoms. The average molecular weight is 521 g/mol. The molecule has 3 aromatic rings. The number of amides is 2. The first-order valence-electron chi connectivity index (χ1n) is 13.0. The lowest BCUT2D eigenvalue weighted by molar-refractivity contribution is 0.0684. The molecule has 2 fully saturated rings. The Labute approximate surface area is 223 Å². The Hall–Kier alpha value is -3.32. The number of hydrogen-bond acceptors (Lipinski definition) is 4. The number of carbonyl (C=O) groups is 2. The van der Waals surface area contributed by atoms with Crippen LogP contribution < -0.4 is 0 Å². The Morgan fingerprint density at radius 3 is 2.24 bits per heavy atom. The third kappa shape index (κ3) is 5.52. The maximum atomic E-state index is 13.8. The van der Waals surface area contributed by atoms with Crippen molar-refractivity contribution in [3.8, 4) is 5.69 Å². The molecule has 0 radical (unpaired) electrons. The van der Waals surface area contributed by atoms with E-state index in [0.29, 0.717) is 36.1 Å². The van der Waals surface area contributed by atoms with Crippen molar-refractivity contribution < 1.29 is 14.3 Å². The third-order valence-corrected chi connectivity index (χ3v) is 7.58. The summed E-state index contributed by atoms with van der Waals surface area (Å²) in [5.74, 6) is 0.457. The Morgan fingerprint density at radius 2 is 1.57 bits per heavy atom. The van der Waals surface area contributed by atoms with Gasteiger partial charge in [-0.2, -0.15) is 5.10 Å². The lowest BCUT2D eigenvalue weighted by Gasteiger charge is -2.32. The summed E-state index contributed by atoms with van der Waals surface area (Å²) in [7, 11) is 0. The van der Waals surface area contributed by atoms with Crippen LogP contribution in [0.2, 0.25) is 5.02 Å². The number of aromatic nitrogens is 2. The highest BCUT2D eigenvalue weighted by Gasteiger charge is 2.34. The van der Waals surface area contributed by atoms with E-state index >= 15 is 0 Å². The molecule has 0 N–H and O–H groups in total. The monoisotopic (exact) mass is 520 g/mol. The molecule has 1 atom stereocenters. The Kier molecular flexibility index (Phi) is 7.51. The smallest absolute Gasteiger partial charge is 0.410 e. The number of piperidine rings is 1. The summed E-state index contributed by atoms with van der Waals surface area (Å²) in [5, 5.41) is 5.32. The van der Waals surface area contributed by atoms with E-state index in [2.05, 4.69) is 29.4 Å². The molecule has 37 heavy (non-hydrogen) atoms. The highest BCUT2D eigenvalue weighted by molar-refractivity contribution is 6.30. The number of ether oxygens (including phenoxy) is 1. The summed E-state index contributed by atoms with van der Waals surface area (Å²) >= 11 is 6.14. The highest BCUT2D eigenvalue weighted by Crippen LogP contribution is 2.35. The van der Waals surface area contributed by atoms with Crippen LogP contribution in [0.5, 0.6) is 0 Å². The van der Waals surface area contributed by atoms with Crippen molar-refractivity contribution in [2.45, 2.75) is 51.0 Å². The molecule has 0 spiro atoms. The molecule has 2 saturated heterocycles. The van der Waals surface area contributed by atoms with Crippen LogP contribution in [0.15, 0.2) is 60.8 Å². The molecular weight excluding hydrogens is 488 g/mol. The molecule has 2 aliphatic heterocycles. The maximum absolute atomic E-state index is 13.8. The first kappa shape index (κ1) is 25.3. The van der Waals surface area contributed by atoms with Gasteiger partial charge in [-0.1, -0.05) is 41.9 Å². The predicted octanol–water partition coefficient (Wildman–Crippen LogP) is 5.88. The molecular formula is C29H33ClN4O3. The van der Waals surface area contributed by atoms with Gasteiger partial charge in [0.05, 0.1) is 29.2 Å². The van der Waals surface area contributed by atoms with Crippen LogP contribution in [-0.4, -0.2) is 63.9 Å². The van der Waals surface area contributed by atoms with E-state index in [9.17, 15) is 9.59 Å². The van der Waals surface area contributed by atoms with Gasteiger partial charge in [-0.05, 0) is 62.9 Å². The topological polar surface area (TPSA) is 67.7 Å². The summed E-state index contributed by atoms with van der Waals surface area (Å²) in [6.07, 6.45) is 3.70. The number of benzene rings is 2. The molecule has 0 saturated carbocycles. The summed E-state index contributed by atoms with van der Waals surface area (Å²) in [5.41, 5.74) is 3.69. The molecule has 2 aliphatic rings. The number of carbonyl (C=O) groups excluding carboxylic acids is 2. The molecule has 3 heterocycles. The van der Waals surface area contributed by atoms with Crippen LogP contribution in [0.25, 0.3) is 5.69 Å². The zero-order chi connectivity index (χ0) is 25.9. The molecule has 1 aromatic heterocycles. The SMILES string of the molecule is CC(C)OC(=O)N1CCC(c2c(C(=O)N3CCC(c4ccccc4)C3)cnn2-c2ccc(Cl)cc2)CC1. The average Bonchev–Trinajstić information content (AvgIpc) is 3.57. The Bertz CT molecular complexity index is 1230. The molecule has 0 aliphatic carbocycles. The molecule has 194 valence electrons.